The summed E-state index contributed by atoms with van der Waals surface area (Å²) in [6.45, 7) is 8.71. The molecule has 0 spiro atoms. The van der Waals surface area contributed by atoms with Gasteiger partial charge in [-0.25, -0.2) is 4.79 Å². The average molecular weight is 665 g/mol. The van der Waals surface area contributed by atoms with Crippen molar-refractivity contribution >= 4 is 56.6 Å². The number of carbonyl (C=O) groups is 1. The number of carboxylic acid groups (broad SMARTS) is 1. The van der Waals surface area contributed by atoms with Crippen LogP contribution in [-0.2, 0) is 4.79 Å². The van der Waals surface area contributed by atoms with Gasteiger partial charge in [-0.2, -0.15) is 5.26 Å². The molecular weight excluding hydrogens is 625 g/mol. The Morgan fingerprint density at radius 2 is 1.35 bits per heavy atom. The third-order valence-electron chi connectivity index (χ3n) is 11.0. The van der Waals surface area contributed by atoms with Crippen LogP contribution in [0.1, 0.15) is 75.3 Å². The first-order chi connectivity index (χ1) is 24.7. The number of aliphatic carboxylic acids is 1. The fourth-order valence-electron chi connectivity index (χ4n) is 8.62. The van der Waals surface area contributed by atoms with Gasteiger partial charge in [0.05, 0.1) is 0 Å². The first kappa shape index (κ1) is 32.3. The normalized spacial score (nSPS) is 16.6. The van der Waals surface area contributed by atoms with E-state index >= 15 is 0 Å². The van der Waals surface area contributed by atoms with E-state index in [1.165, 1.54) is 89.1 Å². The Hall–Kier alpha value is -5.92. The molecule has 0 radical (unpaired) electrons. The van der Waals surface area contributed by atoms with Crippen LogP contribution in [-0.4, -0.2) is 17.1 Å². The predicted molar refractivity (Wildman–Crippen MR) is 210 cm³/mol. The second kappa shape index (κ2) is 12.8. The number of hydrogen-bond acceptors (Lipinski definition) is 3. The van der Waals surface area contributed by atoms with Gasteiger partial charge in [0.15, 0.2) is 0 Å². The molecule has 1 fully saturated rings. The fraction of sp³-hybridized carbons (Fsp3) is 0.191. The van der Waals surface area contributed by atoms with E-state index in [9.17, 15) is 15.2 Å². The lowest BCUT2D eigenvalue weighted by molar-refractivity contribution is -0.132. The van der Waals surface area contributed by atoms with Crippen molar-refractivity contribution in [3.63, 3.8) is 0 Å². The van der Waals surface area contributed by atoms with E-state index in [-0.39, 0.29) is 5.57 Å². The average Bonchev–Trinajstić information content (AvgIpc) is 3.71. The molecule has 250 valence electrons. The highest BCUT2D eigenvalue weighted by Gasteiger charge is 2.42. The van der Waals surface area contributed by atoms with Crippen LogP contribution in [0.4, 0.5) is 11.4 Å². The van der Waals surface area contributed by atoms with Gasteiger partial charge in [-0.05, 0) is 149 Å². The van der Waals surface area contributed by atoms with Crippen molar-refractivity contribution in [3.8, 4) is 6.07 Å². The number of nitriles is 1. The van der Waals surface area contributed by atoms with Crippen LogP contribution in [0.2, 0.25) is 0 Å². The Labute approximate surface area is 299 Å². The van der Waals surface area contributed by atoms with Crippen molar-refractivity contribution in [2.75, 3.05) is 4.90 Å². The van der Waals surface area contributed by atoms with Gasteiger partial charge in [0, 0.05) is 23.3 Å². The van der Waals surface area contributed by atoms with Gasteiger partial charge in [0.25, 0.3) is 0 Å². The van der Waals surface area contributed by atoms with Gasteiger partial charge in [-0.15, -0.1) is 0 Å². The highest BCUT2D eigenvalue weighted by atomic mass is 16.4. The van der Waals surface area contributed by atoms with Gasteiger partial charge in [0.2, 0.25) is 0 Å². The molecule has 4 heteroatoms. The first-order valence-corrected chi connectivity index (χ1v) is 17.8. The highest BCUT2D eigenvalue weighted by Crippen LogP contribution is 2.53. The summed E-state index contributed by atoms with van der Waals surface area (Å²) < 4.78 is 0. The molecule has 0 amide bonds. The largest absolute Gasteiger partial charge is 0.477 e. The van der Waals surface area contributed by atoms with E-state index in [1.54, 1.807) is 0 Å². The van der Waals surface area contributed by atoms with Gasteiger partial charge in [0.1, 0.15) is 11.6 Å². The Balaban J connectivity index is 1.18. The van der Waals surface area contributed by atoms with Crippen LogP contribution in [0.15, 0.2) is 109 Å². The van der Waals surface area contributed by atoms with Crippen LogP contribution in [0.3, 0.4) is 0 Å². The summed E-state index contributed by atoms with van der Waals surface area (Å²) >= 11 is 0. The standard InChI is InChI=1S/C47H40N2O2/c1-28-8-15-38(30(3)20-28)43(39-16-9-29(2)21-31(39)4)24-32-10-17-40-34(22-32)12-13-35-26-37(14-18-41(35)40)49-45-7-5-6-42(45)44-25-33(11-19-46(44)49)23-36(27-48)47(50)51/h8-26,42,45H,5-7H2,1-4H3,(H,50,51). The van der Waals surface area contributed by atoms with Crippen LogP contribution in [0.25, 0.3) is 39.3 Å². The lowest BCUT2D eigenvalue weighted by Crippen LogP contribution is -2.26. The summed E-state index contributed by atoms with van der Waals surface area (Å²) in [4.78, 5) is 14.0. The molecule has 51 heavy (non-hydrogen) atoms. The second-order valence-corrected chi connectivity index (χ2v) is 14.4. The number of carboxylic acids is 1. The maximum absolute atomic E-state index is 11.5. The summed E-state index contributed by atoms with van der Waals surface area (Å²) in [6, 6.07) is 39.9. The SMILES string of the molecule is Cc1ccc(C(=Cc2ccc3c(ccc4cc(N5c6ccc(C=C(C#N)C(=O)O)cc6C6CCCC65)ccc43)c2)c2ccc(C)cc2C)c(C)c1. The minimum Gasteiger partial charge on any atom is -0.477 e. The minimum atomic E-state index is -1.20. The molecule has 2 aliphatic rings. The maximum Gasteiger partial charge on any atom is 0.346 e. The van der Waals surface area contributed by atoms with Crippen molar-refractivity contribution in [2.24, 2.45) is 0 Å². The lowest BCUT2D eigenvalue weighted by Gasteiger charge is -2.27. The summed E-state index contributed by atoms with van der Waals surface area (Å²) in [5, 5.41) is 23.6. The number of benzene rings is 6. The van der Waals surface area contributed by atoms with E-state index < -0.39 is 5.97 Å². The second-order valence-electron chi connectivity index (χ2n) is 14.4. The topological polar surface area (TPSA) is 64.3 Å². The maximum atomic E-state index is 11.5. The van der Waals surface area contributed by atoms with Gasteiger partial charge in [-0.1, -0.05) is 90.3 Å². The van der Waals surface area contributed by atoms with Crippen LogP contribution >= 0.6 is 0 Å². The molecule has 1 N–H and O–H groups in total. The number of rotatable bonds is 6. The summed E-state index contributed by atoms with van der Waals surface area (Å²) in [5.74, 6) is -0.811. The zero-order valence-corrected chi connectivity index (χ0v) is 29.5. The Bertz CT molecular complexity index is 2460. The molecule has 6 aromatic rings. The molecule has 1 heterocycles. The zero-order valence-electron chi connectivity index (χ0n) is 29.5. The number of fused-ring (bicyclic) bond motifs is 6. The number of aryl methyl sites for hydroxylation is 4. The van der Waals surface area contributed by atoms with E-state index in [1.807, 2.05) is 12.1 Å². The van der Waals surface area contributed by atoms with E-state index in [0.717, 1.165) is 24.8 Å². The third kappa shape index (κ3) is 5.79. The lowest BCUT2D eigenvalue weighted by atomic mass is 9.88. The van der Waals surface area contributed by atoms with Gasteiger partial charge in [-0.3, -0.25) is 0 Å². The van der Waals surface area contributed by atoms with Crippen molar-refractivity contribution in [1.82, 2.24) is 0 Å². The number of nitrogens with zero attached hydrogens (tertiary/aromatic N) is 2. The summed E-state index contributed by atoms with van der Waals surface area (Å²) in [7, 11) is 0. The Kier molecular flexibility index (Phi) is 8.08. The van der Waals surface area contributed by atoms with Crippen molar-refractivity contribution in [3.05, 3.63) is 159 Å². The molecule has 0 saturated heterocycles. The van der Waals surface area contributed by atoms with Gasteiger partial charge >= 0.3 is 5.97 Å². The monoisotopic (exact) mass is 664 g/mol. The van der Waals surface area contributed by atoms with Crippen LogP contribution in [0, 0.1) is 39.0 Å². The van der Waals surface area contributed by atoms with E-state index in [2.05, 4.69) is 136 Å². The molecule has 8 rings (SSSR count). The molecule has 0 aromatic heterocycles. The molecule has 2 unspecified atom stereocenters. The van der Waals surface area contributed by atoms with Crippen LogP contribution in [0.5, 0.6) is 0 Å². The third-order valence-corrected chi connectivity index (χ3v) is 11.0. The number of hydrogen-bond donors (Lipinski definition) is 1. The zero-order chi connectivity index (χ0) is 35.4. The van der Waals surface area contributed by atoms with E-state index in [0.29, 0.717) is 12.0 Å². The molecule has 1 saturated carbocycles. The fourth-order valence-corrected chi connectivity index (χ4v) is 8.62. The molecule has 0 bridgehead atoms. The molecule has 2 atom stereocenters. The number of anilines is 2. The van der Waals surface area contributed by atoms with Crippen molar-refractivity contribution in [2.45, 2.75) is 58.9 Å². The van der Waals surface area contributed by atoms with E-state index in [4.69, 9.17) is 0 Å². The summed E-state index contributed by atoms with van der Waals surface area (Å²) in [6.07, 6.45) is 7.20. The molecule has 1 aliphatic carbocycles. The quantitative estimate of drug-likeness (QED) is 0.0833. The molecule has 6 aromatic carbocycles. The summed E-state index contributed by atoms with van der Waals surface area (Å²) in [5.41, 5.74) is 14.1. The van der Waals surface area contributed by atoms with Gasteiger partial charge < -0.3 is 10.0 Å². The first-order valence-electron chi connectivity index (χ1n) is 17.8. The van der Waals surface area contributed by atoms with Crippen molar-refractivity contribution < 1.29 is 9.90 Å². The smallest absolute Gasteiger partial charge is 0.346 e. The molecular formula is C47H40N2O2. The molecule has 4 nitrogen and oxygen atoms in total. The Morgan fingerprint density at radius 3 is 2.00 bits per heavy atom. The molecule has 1 aliphatic heterocycles. The van der Waals surface area contributed by atoms with Crippen LogP contribution < -0.4 is 4.90 Å². The highest BCUT2D eigenvalue weighted by molar-refractivity contribution is 6.09. The Morgan fingerprint density at radius 1 is 0.725 bits per heavy atom. The van der Waals surface area contributed by atoms with Crippen molar-refractivity contribution in [1.29, 1.82) is 5.26 Å². The predicted octanol–water partition coefficient (Wildman–Crippen LogP) is 11.6. The minimum absolute atomic E-state index is 0.249.